The maximum absolute atomic E-state index is 13.0. The number of carbonyl (C=O) groups excluding carboxylic acids is 1. The van der Waals surface area contributed by atoms with Crippen molar-refractivity contribution in [2.75, 3.05) is 25.0 Å². The highest BCUT2D eigenvalue weighted by Crippen LogP contribution is 2.36. The highest BCUT2D eigenvalue weighted by molar-refractivity contribution is 7.89. The number of hydrogen-bond donors (Lipinski definition) is 2. The fourth-order valence-corrected chi connectivity index (χ4v) is 5.15. The molecule has 0 spiro atoms. The van der Waals surface area contributed by atoms with Crippen molar-refractivity contribution in [1.82, 2.24) is 4.31 Å². The van der Waals surface area contributed by atoms with Crippen LogP contribution >= 0.6 is 0 Å². The van der Waals surface area contributed by atoms with E-state index in [0.717, 1.165) is 12.8 Å². The van der Waals surface area contributed by atoms with Crippen molar-refractivity contribution in [3.63, 3.8) is 0 Å². The number of aliphatic carboxylic acids is 1. The zero-order valence-corrected chi connectivity index (χ0v) is 16.0. The quantitative estimate of drug-likeness (QED) is 0.728. The summed E-state index contributed by atoms with van der Waals surface area (Å²) < 4.78 is 32.8. The van der Waals surface area contributed by atoms with Crippen molar-refractivity contribution in [2.24, 2.45) is 11.8 Å². The summed E-state index contributed by atoms with van der Waals surface area (Å²) in [6.07, 6.45) is 2.62. The SMILES string of the molecule is CCOc1ccc(NC(=O)C2CCC2C(=O)O)cc1S(=O)(=O)N1CCCC1. The van der Waals surface area contributed by atoms with E-state index in [-0.39, 0.29) is 10.6 Å². The van der Waals surface area contributed by atoms with Crippen LogP contribution in [0, 0.1) is 11.8 Å². The van der Waals surface area contributed by atoms with Gasteiger partial charge in [-0.1, -0.05) is 0 Å². The monoisotopic (exact) mass is 396 g/mol. The van der Waals surface area contributed by atoms with Gasteiger partial charge in [0.25, 0.3) is 0 Å². The normalized spacial score (nSPS) is 22.9. The zero-order valence-electron chi connectivity index (χ0n) is 15.2. The maximum atomic E-state index is 13.0. The van der Waals surface area contributed by atoms with E-state index in [1.807, 2.05) is 0 Å². The molecule has 2 fully saturated rings. The lowest BCUT2D eigenvalue weighted by molar-refractivity contribution is -0.151. The van der Waals surface area contributed by atoms with Crippen molar-refractivity contribution in [1.29, 1.82) is 0 Å². The summed E-state index contributed by atoms with van der Waals surface area (Å²) in [7, 11) is -3.72. The standard InChI is InChI=1S/C18H24N2O6S/c1-2-26-15-8-5-12(19-17(21)13-6-7-14(13)18(22)23)11-16(15)27(24,25)20-9-3-4-10-20/h5,8,11,13-14H,2-4,6-7,9-10H2,1H3,(H,19,21)(H,22,23). The van der Waals surface area contributed by atoms with Crippen LogP contribution in [-0.2, 0) is 19.6 Å². The molecule has 0 bridgehead atoms. The van der Waals surface area contributed by atoms with Crippen LogP contribution in [0.15, 0.2) is 23.1 Å². The fraction of sp³-hybridized carbons (Fsp3) is 0.556. The number of amides is 1. The van der Waals surface area contributed by atoms with E-state index >= 15 is 0 Å². The minimum atomic E-state index is -3.72. The Bertz CT molecular complexity index is 832. The third kappa shape index (κ3) is 3.93. The van der Waals surface area contributed by atoms with E-state index in [4.69, 9.17) is 9.84 Å². The van der Waals surface area contributed by atoms with E-state index in [1.165, 1.54) is 16.4 Å². The van der Waals surface area contributed by atoms with Gasteiger partial charge in [0.1, 0.15) is 10.6 Å². The number of nitrogens with zero attached hydrogens (tertiary/aromatic N) is 1. The third-order valence-corrected chi connectivity index (χ3v) is 7.04. The summed E-state index contributed by atoms with van der Waals surface area (Å²) >= 11 is 0. The summed E-state index contributed by atoms with van der Waals surface area (Å²) in [4.78, 5) is 23.5. The lowest BCUT2D eigenvalue weighted by Crippen LogP contribution is -2.41. The van der Waals surface area contributed by atoms with Crippen LogP contribution in [0.5, 0.6) is 5.75 Å². The Kier molecular flexibility index (Phi) is 5.71. The largest absolute Gasteiger partial charge is 0.492 e. The predicted octanol–water partition coefficient (Wildman–Crippen LogP) is 1.92. The molecule has 1 saturated carbocycles. The van der Waals surface area contributed by atoms with Crippen LogP contribution < -0.4 is 10.1 Å². The molecule has 1 aromatic rings. The summed E-state index contributed by atoms with van der Waals surface area (Å²) in [5.74, 6) is -2.41. The minimum absolute atomic E-state index is 0.0208. The second-order valence-corrected chi connectivity index (χ2v) is 8.73. The van der Waals surface area contributed by atoms with Crippen LogP contribution in [-0.4, -0.2) is 49.4 Å². The van der Waals surface area contributed by atoms with E-state index < -0.39 is 33.7 Å². The van der Waals surface area contributed by atoms with Gasteiger partial charge in [-0.25, -0.2) is 8.42 Å². The molecule has 1 amide bonds. The molecule has 3 rings (SSSR count). The fourth-order valence-electron chi connectivity index (χ4n) is 3.47. The van der Waals surface area contributed by atoms with E-state index in [9.17, 15) is 18.0 Å². The second kappa shape index (κ2) is 7.85. The molecule has 1 saturated heterocycles. The van der Waals surface area contributed by atoms with Crippen LogP contribution in [0.1, 0.15) is 32.6 Å². The first kappa shape index (κ1) is 19.6. The average molecular weight is 396 g/mol. The van der Waals surface area contributed by atoms with Crippen molar-refractivity contribution in [3.05, 3.63) is 18.2 Å². The Labute approximate surface area is 158 Å². The van der Waals surface area contributed by atoms with Gasteiger partial charge in [-0.15, -0.1) is 0 Å². The first-order valence-electron chi connectivity index (χ1n) is 9.15. The van der Waals surface area contributed by atoms with Gasteiger partial charge in [0.15, 0.2) is 0 Å². The van der Waals surface area contributed by atoms with Gasteiger partial charge in [-0.05, 0) is 50.8 Å². The molecule has 1 aliphatic heterocycles. The number of anilines is 1. The van der Waals surface area contributed by atoms with Crippen LogP contribution in [0.2, 0.25) is 0 Å². The molecule has 2 aliphatic rings. The third-order valence-electron chi connectivity index (χ3n) is 5.12. The molecule has 0 radical (unpaired) electrons. The van der Waals surface area contributed by atoms with Crippen LogP contribution in [0.25, 0.3) is 0 Å². The molecule has 0 aromatic heterocycles. The molecule has 1 aromatic carbocycles. The summed E-state index contributed by atoms with van der Waals surface area (Å²) in [6, 6.07) is 4.49. The Morgan fingerprint density at radius 1 is 1.22 bits per heavy atom. The molecule has 1 aliphatic carbocycles. The van der Waals surface area contributed by atoms with Gasteiger partial charge in [0, 0.05) is 18.8 Å². The molecule has 2 unspecified atom stereocenters. The highest BCUT2D eigenvalue weighted by atomic mass is 32.2. The van der Waals surface area contributed by atoms with E-state index in [0.29, 0.717) is 38.2 Å². The lowest BCUT2D eigenvalue weighted by atomic mass is 9.73. The van der Waals surface area contributed by atoms with Crippen LogP contribution in [0.3, 0.4) is 0 Å². The number of rotatable bonds is 7. The Hall–Kier alpha value is -2.13. The highest BCUT2D eigenvalue weighted by Gasteiger charge is 2.41. The number of nitrogens with one attached hydrogen (secondary N) is 1. The first-order valence-corrected chi connectivity index (χ1v) is 10.6. The van der Waals surface area contributed by atoms with Gasteiger partial charge in [0.05, 0.1) is 18.4 Å². The van der Waals surface area contributed by atoms with Gasteiger partial charge >= 0.3 is 5.97 Å². The van der Waals surface area contributed by atoms with Gasteiger partial charge in [-0.2, -0.15) is 4.31 Å². The van der Waals surface area contributed by atoms with Crippen LogP contribution in [0.4, 0.5) is 5.69 Å². The molecule has 148 valence electrons. The number of benzene rings is 1. The molecular formula is C18H24N2O6S. The van der Waals surface area contributed by atoms with Gasteiger partial charge < -0.3 is 15.2 Å². The van der Waals surface area contributed by atoms with Gasteiger partial charge in [0.2, 0.25) is 15.9 Å². The average Bonchev–Trinajstić information content (AvgIpc) is 3.10. The number of hydrogen-bond acceptors (Lipinski definition) is 5. The molecule has 9 heteroatoms. The summed E-state index contributed by atoms with van der Waals surface area (Å²) in [5.41, 5.74) is 0.317. The Morgan fingerprint density at radius 2 is 1.89 bits per heavy atom. The Morgan fingerprint density at radius 3 is 2.44 bits per heavy atom. The summed E-state index contributed by atoms with van der Waals surface area (Å²) in [5, 5.41) is 11.8. The molecule has 1 heterocycles. The second-order valence-electron chi connectivity index (χ2n) is 6.82. The van der Waals surface area contributed by atoms with Crippen molar-refractivity contribution >= 4 is 27.6 Å². The Balaban J connectivity index is 1.85. The van der Waals surface area contributed by atoms with E-state index in [1.54, 1.807) is 13.0 Å². The first-order chi connectivity index (χ1) is 12.8. The van der Waals surface area contributed by atoms with E-state index in [2.05, 4.69) is 5.32 Å². The lowest BCUT2D eigenvalue weighted by Gasteiger charge is -2.32. The number of ether oxygens (including phenoxy) is 1. The minimum Gasteiger partial charge on any atom is -0.492 e. The molecule has 2 N–H and O–H groups in total. The van der Waals surface area contributed by atoms with Gasteiger partial charge in [-0.3, -0.25) is 9.59 Å². The predicted molar refractivity (Wildman–Crippen MR) is 98.1 cm³/mol. The van der Waals surface area contributed by atoms with Crippen molar-refractivity contribution in [2.45, 2.75) is 37.5 Å². The number of carboxylic acid groups (broad SMARTS) is 1. The maximum Gasteiger partial charge on any atom is 0.307 e. The molecule has 27 heavy (non-hydrogen) atoms. The number of carboxylic acids is 1. The zero-order chi connectivity index (χ0) is 19.6. The topological polar surface area (TPSA) is 113 Å². The smallest absolute Gasteiger partial charge is 0.307 e. The molecular weight excluding hydrogens is 372 g/mol. The van der Waals surface area contributed by atoms with Crippen molar-refractivity contribution < 1.29 is 27.9 Å². The van der Waals surface area contributed by atoms with Crippen molar-refractivity contribution in [3.8, 4) is 5.75 Å². The number of sulfonamides is 1. The molecule has 8 nitrogen and oxygen atoms in total. The number of carbonyl (C=O) groups is 2. The molecule has 2 atom stereocenters. The summed E-state index contributed by atoms with van der Waals surface area (Å²) in [6.45, 7) is 3.01.